The quantitative estimate of drug-likeness (QED) is 0.846. The van der Waals surface area contributed by atoms with E-state index in [1.807, 2.05) is 13.8 Å². The molecule has 1 aromatic heterocycles. The van der Waals surface area contributed by atoms with E-state index >= 15 is 0 Å². The van der Waals surface area contributed by atoms with Crippen molar-refractivity contribution in [2.45, 2.75) is 34.1 Å². The van der Waals surface area contributed by atoms with E-state index in [0.717, 1.165) is 29.3 Å². The van der Waals surface area contributed by atoms with E-state index in [-0.39, 0.29) is 0 Å². The molecule has 0 aliphatic carbocycles. The predicted octanol–water partition coefficient (Wildman–Crippen LogP) is 4.36. The Morgan fingerprint density at radius 3 is 2.26 bits per heavy atom. The zero-order chi connectivity index (χ0) is 14.0. The second kappa shape index (κ2) is 5.57. The third kappa shape index (κ3) is 3.24. The molecule has 0 saturated carbocycles. The first-order valence-electron chi connectivity index (χ1n) is 6.38. The van der Waals surface area contributed by atoms with Crippen LogP contribution in [0.3, 0.4) is 0 Å². The molecule has 0 atom stereocenters. The van der Waals surface area contributed by atoms with Gasteiger partial charge in [0.2, 0.25) is 0 Å². The normalized spacial score (nSPS) is 10.6. The maximum atomic E-state index is 6.14. The van der Waals surface area contributed by atoms with Crippen LogP contribution in [0.25, 0.3) is 0 Å². The highest BCUT2D eigenvalue weighted by Gasteiger charge is 2.09. The minimum absolute atomic E-state index is 0.513. The van der Waals surface area contributed by atoms with Gasteiger partial charge in [-0.1, -0.05) is 24.6 Å². The number of nitrogens with zero attached hydrogens (tertiary/aromatic N) is 2. The third-order valence-corrected chi connectivity index (χ3v) is 3.30. The van der Waals surface area contributed by atoms with Gasteiger partial charge in [0.1, 0.15) is 16.8 Å². The van der Waals surface area contributed by atoms with Gasteiger partial charge in [0.15, 0.2) is 0 Å². The van der Waals surface area contributed by atoms with Gasteiger partial charge in [0.05, 0.1) is 0 Å². The van der Waals surface area contributed by atoms with Crippen molar-refractivity contribution in [3.05, 3.63) is 45.9 Å². The number of nitrogens with one attached hydrogen (secondary N) is 1. The summed E-state index contributed by atoms with van der Waals surface area (Å²) in [4.78, 5) is 8.74. The van der Waals surface area contributed by atoms with Crippen molar-refractivity contribution in [1.29, 1.82) is 0 Å². The summed E-state index contributed by atoms with van der Waals surface area (Å²) in [5.74, 6) is 1.53. The molecule has 0 radical (unpaired) electrons. The van der Waals surface area contributed by atoms with Crippen LogP contribution in [0, 0.1) is 20.8 Å². The summed E-state index contributed by atoms with van der Waals surface area (Å²) in [6.45, 7) is 8.10. The zero-order valence-corrected chi connectivity index (χ0v) is 12.5. The van der Waals surface area contributed by atoms with E-state index in [9.17, 15) is 0 Å². The fourth-order valence-corrected chi connectivity index (χ4v) is 2.18. The molecule has 4 heteroatoms. The SMILES string of the molecule is CCc1nc(Cl)c(C)c(Nc2cc(C)cc(C)c2)n1. The van der Waals surface area contributed by atoms with Crippen LogP contribution in [0.2, 0.25) is 5.15 Å². The molecule has 0 bridgehead atoms. The molecule has 3 nitrogen and oxygen atoms in total. The average molecular weight is 276 g/mol. The number of rotatable bonds is 3. The molecular weight excluding hydrogens is 258 g/mol. The topological polar surface area (TPSA) is 37.8 Å². The second-order valence-corrected chi connectivity index (χ2v) is 5.12. The largest absolute Gasteiger partial charge is 0.340 e. The standard InChI is InChI=1S/C15H18ClN3/c1-5-13-18-14(16)11(4)15(19-13)17-12-7-9(2)6-10(3)8-12/h6-8H,5H2,1-4H3,(H,17,18,19). The zero-order valence-electron chi connectivity index (χ0n) is 11.7. The van der Waals surface area contributed by atoms with Gasteiger partial charge < -0.3 is 5.32 Å². The lowest BCUT2D eigenvalue weighted by Gasteiger charge is -2.12. The second-order valence-electron chi connectivity index (χ2n) is 4.76. The van der Waals surface area contributed by atoms with E-state index < -0.39 is 0 Å². The Morgan fingerprint density at radius 1 is 1.05 bits per heavy atom. The van der Waals surface area contributed by atoms with Crippen LogP contribution in [0.15, 0.2) is 18.2 Å². The molecule has 0 aliphatic rings. The smallest absolute Gasteiger partial charge is 0.138 e. The highest BCUT2D eigenvalue weighted by molar-refractivity contribution is 6.30. The van der Waals surface area contributed by atoms with E-state index in [1.165, 1.54) is 11.1 Å². The first-order valence-corrected chi connectivity index (χ1v) is 6.75. The molecule has 2 aromatic rings. The van der Waals surface area contributed by atoms with E-state index in [2.05, 4.69) is 47.3 Å². The molecule has 19 heavy (non-hydrogen) atoms. The minimum atomic E-state index is 0.513. The first kappa shape index (κ1) is 13.8. The van der Waals surface area contributed by atoms with Crippen molar-refractivity contribution >= 4 is 23.1 Å². The number of anilines is 2. The van der Waals surface area contributed by atoms with Gasteiger partial charge in [-0.2, -0.15) is 0 Å². The summed E-state index contributed by atoms with van der Waals surface area (Å²) in [5.41, 5.74) is 4.34. The van der Waals surface area contributed by atoms with Gasteiger partial charge in [-0.15, -0.1) is 0 Å². The number of hydrogen-bond acceptors (Lipinski definition) is 3. The molecule has 2 rings (SSSR count). The Morgan fingerprint density at radius 2 is 1.68 bits per heavy atom. The lowest BCUT2D eigenvalue weighted by Crippen LogP contribution is -2.03. The van der Waals surface area contributed by atoms with Crippen molar-refractivity contribution in [1.82, 2.24) is 9.97 Å². The van der Waals surface area contributed by atoms with Crippen LogP contribution in [0.4, 0.5) is 11.5 Å². The monoisotopic (exact) mass is 275 g/mol. The summed E-state index contributed by atoms with van der Waals surface area (Å²) >= 11 is 6.14. The highest BCUT2D eigenvalue weighted by atomic mass is 35.5. The van der Waals surface area contributed by atoms with E-state index in [4.69, 9.17) is 11.6 Å². The van der Waals surface area contributed by atoms with Crippen LogP contribution in [-0.4, -0.2) is 9.97 Å². The number of benzene rings is 1. The van der Waals surface area contributed by atoms with Gasteiger partial charge in [-0.3, -0.25) is 0 Å². The van der Waals surface area contributed by atoms with Crippen molar-refractivity contribution in [3.63, 3.8) is 0 Å². The van der Waals surface area contributed by atoms with Gasteiger partial charge in [0.25, 0.3) is 0 Å². The van der Waals surface area contributed by atoms with E-state index in [0.29, 0.717) is 5.15 Å². The highest BCUT2D eigenvalue weighted by Crippen LogP contribution is 2.24. The van der Waals surface area contributed by atoms with Crippen molar-refractivity contribution in [3.8, 4) is 0 Å². The number of halogens is 1. The van der Waals surface area contributed by atoms with Crippen LogP contribution < -0.4 is 5.32 Å². The molecule has 0 fully saturated rings. The van der Waals surface area contributed by atoms with Crippen LogP contribution in [0.1, 0.15) is 29.4 Å². The third-order valence-electron chi connectivity index (χ3n) is 2.93. The van der Waals surface area contributed by atoms with Gasteiger partial charge >= 0.3 is 0 Å². The van der Waals surface area contributed by atoms with Gasteiger partial charge in [-0.05, 0) is 44.0 Å². The molecule has 0 saturated heterocycles. The van der Waals surface area contributed by atoms with Crippen molar-refractivity contribution in [2.75, 3.05) is 5.32 Å². The molecule has 0 unspecified atom stereocenters. The minimum Gasteiger partial charge on any atom is -0.340 e. The summed E-state index contributed by atoms with van der Waals surface area (Å²) in [6.07, 6.45) is 0.765. The predicted molar refractivity (Wildman–Crippen MR) is 80.4 cm³/mol. The lowest BCUT2D eigenvalue weighted by molar-refractivity contribution is 0.934. The Kier molecular flexibility index (Phi) is 4.05. The molecule has 1 aromatic carbocycles. The first-order chi connectivity index (χ1) is 8.99. The summed E-state index contributed by atoms with van der Waals surface area (Å²) in [7, 11) is 0. The average Bonchev–Trinajstić information content (AvgIpc) is 2.33. The van der Waals surface area contributed by atoms with Crippen molar-refractivity contribution in [2.24, 2.45) is 0 Å². The summed E-state index contributed by atoms with van der Waals surface area (Å²) in [6, 6.07) is 6.32. The van der Waals surface area contributed by atoms with E-state index in [1.54, 1.807) is 0 Å². The molecule has 0 spiro atoms. The van der Waals surface area contributed by atoms with Crippen molar-refractivity contribution < 1.29 is 0 Å². The lowest BCUT2D eigenvalue weighted by atomic mass is 10.1. The fourth-order valence-electron chi connectivity index (χ4n) is 2.00. The molecule has 0 aliphatic heterocycles. The molecule has 1 heterocycles. The molecule has 1 N–H and O–H groups in total. The number of hydrogen-bond donors (Lipinski definition) is 1. The Bertz CT molecular complexity index is 588. The molecule has 100 valence electrons. The Balaban J connectivity index is 2.39. The maximum Gasteiger partial charge on any atom is 0.138 e. The molecular formula is C15H18ClN3. The van der Waals surface area contributed by atoms with Crippen LogP contribution in [0.5, 0.6) is 0 Å². The van der Waals surface area contributed by atoms with Crippen LogP contribution in [-0.2, 0) is 6.42 Å². The fraction of sp³-hybridized carbons (Fsp3) is 0.333. The molecule has 0 amide bonds. The van der Waals surface area contributed by atoms with Gasteiger partial charge in [-0.25, -0.2) is 9.97 Å². The van der Waals surface area contributed by atoms with Gasteiger partial charge in [0, 0.05) is 17.7 Å². The number of aryl methyl sites for hydroxylation is 3. The summed E-state index contributed by atoms with van der Waals surface area (Å²) in [5, 5.41) is 3.85. The maximum absolute atomic E-state index is 6.14. The Labute approximate surface area is 119 Å². The summed E-state index contributed by atoms with van der Waals surface area (Å²) < 4.78 is 0. The van der Waals surface area contributed by atoms with Crippen LogP contribution >= 0.6 is 11.6 Å². The number of aromatic nitrogens is 2. The Hall–Kier alpha value is -1.61.